The molecule has 2 heterocycles. The summed E-state index contributed by atoms with van der Waals surface area (Å²) in [5.41, 5.74) is 0.550. The molecule has 1 aliphatic rings. The summed E-state index contributed by atoms with van der Waals surface area (Å²) in [6.45, 7) is 7.84. The minimum absolute atomic E-state index is 0.0449. The molecule has 0 unspecified atom stereocenters. The van der Waals surface area contributed by atoms with Crippen LogP contribution in [0.3, 0.4) is 0 Å². The number of benzene rings is 1. The highest BCUT2D eigenvalue weighted by molar-refractivity contribution is 5.93. The molecule has 8 heteroatoms. The van der Waals surface area contributed by atoms with Gasteiger partial charge in [-0.3, -0.25) is 14.4 Å². The van der Waals surface area contributed by atoms with E-state index in [9.17, 15) is 18.8 Å². The van der Waals surface area contributed by atoms with Crippen LogP contribution in [0, 0.1) is 11.2 Å². The molecule has 1 aromatic carbocycles. The predicted octanol–water partition coefficient (Wildman–Crippen LogP) is 2.57. The molecule has 0 bridgehead atoms. The van der Waals surface area contributed by atoms with Gasteiger partial charge in [-0.05, 0) is 23.1 Å². The lowest BCUT2D eigenvalue weighted by atomic mass is 9.92. The molecule has 1 aliphatic heterocycles. The van der Waals surface area contributed by atoms with Crippen LogP contribution < -0.4 is 15.5 Å². The lowest BCUT2D eigenvalue weighted by molar-refractivity contribution is -0.122. The Labute approximate surface area is 180 Å². The van der Waals surface area contributed by atoms with Crippen LogP contribution in [0.2, 0.25) is 0 Å². The van der Waals surface area contributed by atoms with Crippen molar-refractivity contribution in [3.8, 4) is 5.75 Å². The number of pyridine rings is 1. The Morgan fingerprint density at radius 3 is 2.55 bits per heavy atom. The Morgan fingerprint density at radius 1 is 1.16 bits per heavy atom. The number of aromatic nitrogens is 1. The van der Waals surface area contributed by atoms with E-state index in [1.54, 1.807) is 27.8 Å². The number of hydrogen-bond donors (Lipinski definition) is 1. The summed E-state index contributed by atoms with van der Waals surface area (Å²) in [7, 11) is 0. The minimum Gasteiger partial charge on any atom is -0.483 e. The van der Waals surface area contributed by atoms with Crippen molar-refractivity contribution in [2.45, 2.75) is 40.3 Å². The molecular weight excluding hydrogens is 401 g/mol. The fraction of sp³-hybridized carbons (Fsp3) is 0.435. The first-order valence-electron chi connectivity index (χ1n) is 10.3. The second-order valence-corrected chi connectivity index (χ2v) is 8.88. The summed E-state index contributed by atoms with van der Waals surface area (Å²) in [6, 6.07) is 7.13. The van der Waals surface area contributed by atoms with Crippen LogP contribution in [0.1, 0.15) is 43.2 Å². The number of nitrogens with one attached hydrogen (secondary N) is 1. The van der Waals surface area contributed by atoms with Crippen molar-refractivity contribution in [2.24, 2.45) is 5.41 Å². The summed E-state index contributed by atoms with van der Waals surface area (Å²) in [5.74, 6) is -0.492. The zero-order valence-corrected chi connectivity index (χ0v) is 18.1. The molecule has 0 aliphatic carbocycles. The van der Waals surface area contributed by atoms with E-state index in [0.717, 1.165) is 5.56 Å². The number of carbonyl (C=O) groups excluding carboxylic acids is 2. The van der Waals surface area contributed by atoms with E-state index in [1.807, 2.05) is 20.8 Å². The Bertz CT molecular complexity index is 1010. The van der Waals surface area contributed by atoms with Gasteiger partial charge in [-0.1, -0.05) is 32.9 Å². The first kappa shape index (κ1) is 22.5. The van der Waals surface area contributed by atoms with Crippen LogP contribution in [-0.4, -0.2) is 40.9 Å². The summed E-state index contributed by atoms with van der Waals surface area (Å²) in [4.78, 5) is 38.8. The molecule has 1 aromatic heterocycles. The maximum Gasteiger partial charge on any atom is 0.270 e. The molecule has 0 spiro atoms. The monoisotopic (exact) mass is 429 g/mol. The van der Waals surface area contributed by atoms with Gasteiger partial charge in [-0.25, -0.2) is 4.39 Å². The van der Waals surface area contributed by atoms with Crippen LogP contribution in [-0.2, 0) is 17.9 Å². The lowest BCUT2D eigenvalue weighted by Crippen LogP contribution is -2.45. The van der Waals surface area contributed by atoms with Gasteiger partial charge in [-0.15, -0.1) is 0 Å². The van der Waals surface area contributed by atoms with Gasteiger partial charge in [0.2, 0.25) is 11.3 Å². The average molecular weight is 429 g/mol. The van der Waals surface area contributed by atoms with Crippen LogP contribution in [0.25, 0.3) is 0 Å². The Hall–Kier alpha value is -3.16. The maximum absolute atomic E-state index is 13.0. The third kappa shape index (κ3) is 6.16. The van der Waals surface area contributed by atoms with Crippen molar-refractivity contribution in [3.63, 3.8) is 0 Å². The van der Waals surface area contributed by atoms with Crippen molar-refractivity contribution < 1.29 is 18.7 Å². The van der Waals surface area contributed by atoms with Gasteiger partial charge in [0.1, 0.15) is 18.1 Å². The second kappa shape index (κ2) is 9.32. The molecule has 0 fully saturated rings. The van der Waals surface area contributed by atoms with Crippen molar-refractivity contribution in [3.05, 3.63) is 63.8 Å². The summed E-state index contributed by atoms with van der Waals surface area (Å²) >= 11 is 0. The molecule has 0 saturated heterocycles. The van der Waals surface area contributed by atoms with Crippen LogP contribution in [0.4, 0.5) is 4.39 Å². The number of nitrogens with zero attached hydrogens (tertiary/aromatic N) is 2. The molecule has 0 atom stereocenters. The minimum atomic E-state index is -0.387. The van der Waals surface area contributed by atoms with Crippen LogP contribution in [0.15, 0.2) is 41.3 Å². The zero-order chi connectivity index (χ0) is 22.6. The van der Waals surface area contributed by atoms with Crippen molar-refractivity contribution in [1.29, 1.82) is 0 Å². The summed E-state index contributed by atoms with van der Waals surface area (Å²) in [5, 5.41) is 2.84. The number of amides is 2. The Morgan fingerprint density at radius 2 is 1.87 bits per heavy atom. The molecule has 0 radical (unpaired) electrons. The van der Waals surface area contributed by atoms with E-state index in [-0.39, 0.29) is 40.8 Å². The molecule has 31 heavy (non-hydrogen) atoms. The van der Waals surface area contributed by atoms with Gasteiger partial charge in [0, 0.05) is 38.7 Å². The van der Waals surface area contributed by atoms with E-state index in [4.69, 9.17) is 4.74 Å². The van der Waals surface area contributed by atoms with Gasteiger partial charge in [0.25, 0.3) is 5.91 Å². The molecule has 7 nitrogen and oxygen atoms in total. The fourth-order valence-corrected chi connectivity index (χ4v) is 3.35. The molecular formula is C23H28FN3O4. The smallest absolute Gasteiger partial charge is 0.270 e. The van der Waals surface area contributed by atoms with Gasteiger partial charge >= 0.3 is 0 Å². The molecule has 1 N–H and O–H groups in total. The third-order valence-corrected chi connectivity index (χ3v) is 4.91. The summed E-state index contributed by atoms with van der Waals surface area (Å²) in [6.07, 6.45) is 1.96. The number of rotatable bonds is 7. The number of hydrogen-bond acceptors (Lipinski definition) is 4. The number of ether oxygens (including phenoxy) is 1. The van der Waals surface area contributed by atoms with Crippen molar-refractivity contribution in [1.82, 2.24) is 14.8 Å². The topological polar surface area (TPSA) is 80.6 Å². The van der Waals surface area contributed by atoms with Gasteiger partial charge in [0.15, 0.2) is 5.75 Å². The average Bonchev–Trinajstić information content (AvgIpc) is 2.68. The largest absolute Gasteiger partial charge is 0.483 e. The molecule has 0 saturated carbocycles. The van der Waals surface area contributed by atoms with Gasteiger partial charge in [0.05, 0.1) is 6.20 Å². The van der Waals surface area contributed by atoms with Crippen LogP contribution >= 0.6 is 0 Å². The predicted molar refractivity (Wildman–Crippen MR) is 114 cm³/mol. The lowest BCUT2D eigenvalue weighted by Gasteiger charge is -2.30. The first-order chi connectivity index (χ1) is 14.6. The Kier molecular flexibility index (Phi) is 6.77. The molecule has 2 amide bonds. The van der Waals surface area contributed by atoms with E-state index >= 15 is 0 Å². The van der Waals surface area contributed by atoms with Crippen molar-refractivity contribution >= 4 is 11.8 Å². The third-order valence-electron chi connectivity index (χ3n) is 4.91. The second-order valence-electron chi connectivity index (χ2n) is 8.88. The maximum atomic E-state index is 13.0. The number of halogens is 1. The fourth-order valence-electron chi connectivity index (χ4n) is 3.35. The molecule has 2 aromatic rings. The highest BCUT2D eigenvalue weighted by Gasteiger charge is 2.25. The number of fused-ring (bicyclic) bond motifs is 1. The highest BCUT2D eigenvalue weighted by atomic mass is 19.1. The highest BCUT2D eigenvalue weighted by Crippen LogP contribution is 2.18. The first-order valence-corrected chi connectivity index (χ1v) is 10.3. The van der Waals surface area contributed by atoms with Gasteiger partial charge in [-0.2, -0.15) is 0 Å². The quantitative estimate of drug-likeness (QED) is 0.734. The van der Waals surface area contributed by atoms with Crippen molar-refractivity contribution in [2.75, 3.05) is 19.6 Å². The standard InChI is InChI=1S/C23H28FN3O4/c1-23(2,3)13-21(29)25-8-9-26-10-11-27-14-20(19(28)12-18(27)22(26)30)31-15-16-4-6-17(24)7-5-16/h4-7,12,14H,8-11,13,15H2,1-3H3,(H,25,29). The molecule has 166 valence electrons. The van der Waals surface area contributed by atoms with E-state index in [2.05, 4.69) is 5.32 Å². The molecule has 3 rings (SSSR count). The SMILES string of the molecule is CC(C)(C)CC(=O)NCCN1CCn2cc(OCc3ccc(F)cc3)c(=O)cc2C1=O. The normalized spacial score (nSPS) is 13.7. The summed E-state index contributed by atoms with van der Waals surface area (Å²) < 4.78 is 20.3. The van der Waals surface area contributed by atoms with Gasteiger partial charge < -0.3 is 19.5 Å². The van der Waals surface area contributed by atoms with Crippen LogP contribution in [0.5, 0.6) is 5.75 Å². The number of carbonyl (C=O) groups is 2. The van der Waals surface area contributed by atoms with E-state index in [1.165, 1.54) is 18.2 Å². The zero-order valence-electron chi connectivity index (χ0n) is 18.1. The van der Waals surface area contributed by atoms with E-state index < -0.39 is 0 Å². The Balaban J connectivity index is 1.59. The van der Waals surface area contributed by atoms with E-state index in [0.29, 0.717) is 38.3 Å².